The summed E-state index contributed by atoms with van der Waals surface area (Å²) in [4.78, 5) is 2.25. The number of sulfonamides is 1. The van der Waals surface area contributed by atoms with E-state index in [9.17, 15) is 8.42 Å². The molecule has 0 unspecified atom stereocenters. The molecule has 5 nitrogen and oxygen atoms in total. The molecule has 1 N–H and O–H groups in total. The third kappa shape index (κ3) is 2.53. The lowest BCUT2D eigenvalue weighted by atomic mass is 10.1. The zero-order valence-electron chi connectivity index (χ0n) is 12.1. The van der Waals surface area contributed by atoms with E-state index in [0.29, 0.717) is 0 Å². The Labute approximate surface area is 133 Å². The van der Waals surface area contributed by atoms with Crippen LogP contribution in [0.1, 0.15) is 11.3 Å². The van der Waals surface area contributed by atoms with Gasteiger partial charge in [-0.25, -0.2) is 0 Å². The Balaban J connectivity index is 1.93. The Hall–Kier alpha value is -2.12. The molecule has 0 atom stereocenters. The smallest absolute Gasteiger partial charge is 0.286 e. The van der Waals surface area contributed by atoms with Gasteiger partial charge in [-0.05, 0) is 24.4 Å². The zero-order valence-corrected chi connectivity index (χ0v) is 13.8. The third-order valence-corrected chi connectivity index (χ3v) is 6.20. The number of aromatic nitrogens is 1. The van der Waals surface area contributed by atoms with Crippen LogP contribution in [0.3, 0.4) is 0 Å². The van der Waals surface area contributed by atoms with Gasteiger partial charge in [0.2, 0.25) is 0 Å². The van der Waals surface area contributed by atoms with Crippen molar-refractivity contribution >= 4 is 38.5 Å². The van der Waals surface area contributed by atoms with Crippen molar-refractivity contribution in [3.8, 4) is 0 Å². The van der Waals surface area contributed by atoms with Crippen molar-refractivity contribution in [2.45, 2.75) is 11.1 Å². The van der Waals surface area contributed by atoms with Crippen LogP contribution < -0.4 is 4.83 Å². The van der Waals surface area contributed by atoms with Gasteiger partial charge in [0.1, 0.15) is 4.21 Å². The van der Waals surface area contributed by atoms with Crippen LogP contribution in [0.25, 0.3) is 10.9 Å². The minimum atomic E-state index is -3.58. The van der Waals surface area contributed by atoms with Gasteiger partial charge in [-0.3, -0.25) is 0 Å². The van der Waals surface area contributed by atoms with Gasteiger partial charge < -0.3 is 4.57 Å². The lowest BCUT2D eigenvalue weighted by Crippen LogP contribution is -2.17. The lowest BCUT2D eigenvalue weighted by molar-refractivity contribution is 0.587. The molecule has 7 heteroatoms. The molecule has 1 aromatic carbocycles. The monoisotopic (exact) mass is 333 g/mol. The molecule has 22 heavy (non-hydrogen) atoms. The van der Waals surface area contributed by atoms with E-state index in [1.807, 2.05) is 38.2 Å². The fourth-order valence-electron chi connectivity index (χ4n) is 2.33. The number of para-hydroxylation sites is 1. The number of thiophene rings is 1. The van der Waals surface area contributed by atoms with Crippen molar-refractivity contribution in [2.75, 3.05) is 0 Å². The van der Waals surface area contributed by atoms with Crippen molar-refractivity contribution in [3.63, 3.8) is 0 Å². The molecule has 0 amide bonds. The van der Waals surface area contributed by atoms with Crippen molar-refractivity contribution in [1.29, 1.82) is 0 Å². The molecule has 0 aliphatic heterocycles. The first-order valence-electron chi connectivity index (χ1n) is 6.63. The van der Waals surface area contributed by atoms with Crippen LogP contribution in [0, 0.1) is 6.92 Å². The summed E-state index contributed by atoms with van der Waals surface area (Å²) in [6.07, 6.45) is 1.56. The third-order valence-electron chi connectivity index (χ3n) is 3.57. The molecule has 2 heterocycles. The molecule has 3 rings (SSSR count). The molecule has 0 saturated heterocycles. The predicted molar refractivity (Wildman–Crippen MR) is 89.9 cm³/mol. The summed E-state index contributed by atoms with van der Waals surface area (Å²) in [5.41, 5.74) is 3.02. The molecule has 0 fully saturated rings. The fourth-order valence-corrected chi connectivity index (χ4v) is 4.11. The molecular weight excluding hydrogens is 318 g/mol. The first kappa shape index (κ1) is 14.8. The van der Waals surface area contributed by atoms with Gasteiger partial charge in [0.15, 0.2) is 0 Å². The Bertz CT molecular complexity index is 939. The molecule has 0 aliphatic rings. The van der Waals surface area contributed by atoms with E-state index in [-0.39, 0.29) is 4.21 Å². The van der Waals surface area contributed by atoms with Crippen molar-refractivity contribution in [1.82, 2.24) is 9.40 Å². The van der Waals surface area contributed by atoms with Crippen LogP contribution in [0.5, 0.6) is 0 Å². The molecule has 2 aromatic heterocycles. The zero-order chi connectivity index (χ0) is 15.7. The average molecular weight is 333 g/mol. The summed E-state index contributed by atoms with van der Waals surface area (Å²) in [5.74, 6) is 0. The molecule has 0 saturated carbocycles. The summed E-state index contributed by atoms with van der Waals surface area (Å²) < 4.78 is 26.3. The van der Waals surface area contributed by atoms with Crippen molar-refractivity contribution < 1.29 is 8.42 Å². The molecule has 0 spiro atoms. The number of aryl methyl sites for hydroxylation is 1. The van der Waals surface area contributed by atoms with Gasteiger partial charge in [-0.1, -0.05) is 24.3 Å². The number of nitrogens with one attached hydrogen (secondary N) is 1. The summed E-state index contributed by atoms with van der Waals surface area (Å²) in [5, 5.41) is 6.68. The normalized spacial score (nSPS) is 12.3. The SMILES string of the molecule is Cc1c(/C=N/NS(=O)(=O)c2cccs2)c2ccccc2n1C. The van der Waals surface area contributed by atoms with E-state index in [4.69, 9.17) is 0 Å². The average Bonchev–Trinajstić information content (AvgIpc) is 3.12. The van der Waals surface area contributed by atoms with Gasteiger partial charge >= 0.3 is 0 Å². The van der Waals surface area contributed by atoms with Crippen LogP contribution in [-0.4, -0.2) is 19.2 Å². The van der Waals surface area contributed by atoms with Crippen molar-refractivity contribution in [2.24, 2.45) is 12.1 Å². The second kappa shape index (κ2) is 5.58. The van der Waals surface area contributed by atoms with Gasteiger partial charge in [-0.2, -0.15) is 18.4 Å². The largest absolute Gasteiger partial charge is 0.347 e. The Kier molecular flexibility index (Phi) is 3.76. The molecule has 0 aliphatic carbocycles. The number of hydrogen-bond donors (Lipinski definition) is 1. The Morgan fingerprint density at radius 1 is 1.23 bits per heavy atom. The minimum Gasteiger partial charge on any atom is -0.347 e. The summed E-state index contributed by atoms with van der Waals surface area (Å²) >= 11 is 1.16. The maximum Gasteiger partial charge on any atom is 0.286 e. The molecule has 0 radical (unpaired) electrons. The Morgan fingerprint density at radius 2 is 2.00 bits per heavy atom. The standard InChI is InChI=1S/C15H15N3O2S2/c1-11-13(12-6-3-4-7-14(12)18(11)2)10-16-17-22(19,20)15-8-5-9-21-15/h3-10,17H,1-2H3/b16-10+. The Morgan fingerprint density at radius 3 is 2.73 bits per heavy atom. The summed E-state index contributed by atoms with van der Waals surface area (Å²) in [6.45, 7) is 1.98. The van der Waals surface area contributed by atoms with E-state index in [2.05, 4.69) is 14.5 Å². The first-order valence-corrected chi connectivity index (χ1v) is 8.99. The second-order valence-electron chi connectivity index (χ2n) is 4.86. The van der Waals surface area contributed by atoms with Crippen LogP contribution in [0.2, 0.25) is 0 Å². The van der Waals surface area contributed by atoms with Gasteiger partial charge in [-0.15, -0.1) is 11.3 Å². The summed E-state index contributed by atoms with van der Waals surface area (Å²) in [7, 11) is -1.61. The maximum atomic E-state index is 12.0. The molecule has 3 aromatic rings. The number of hydrazone groups is 1. The van der Waals surface area contributed by atoms with Gasteiger partial charge in [0, 0.05) is 29.2 Å². The number of hydrogen-bond acceptors (Lipinski definition) is 4. The van der Waals surface area contributed by atoms with E-state index in [0.717, 1.165) is 33.5 Å². The van der Waals surface area contributed by atoms with Crippen molar-refractivity contribution in [3.05, 3.63) is 53.0 Å². The molecule has 114 valence electrons. The quantitative estimate of drug-likeness (QED) is 0.589. The van der Waals surface area contributed by atoms with E-state index in [1.54, 1.807) is 23.7 Å². The fraction of sp³-hybridized carbons (Fsp3) is 0.133. The highest BCUT2D eigenvalue weighted by Crippen LogP contribution is 2.23. The van der Waals surface area contributed by atoms with E-state index < -0.39 is 10.0 Å². The highest BCUT2D eigenvalue weighted by atomic mass is 32.2. The first-order chi connectivity index (χ1) is 10.5. The lowest BCUT2D eigenvalue weighted by Gasteiger charge is -2.00. The second-order valence-corrected chi connectivity index (χ2v) is 7.70. The molecular formula is C15H15N3O2S2. The van der Waals surface area contributed by atoms with E-state index >= 15 is 0 Å². The van der Waals surface area contributed by atoms with Gasteiger partial charge in [0.25, 0.3) is 10.0 Å². The van der Waals surface area contributed by atoms with Gasteiger partial charge in [0.05, 0.1) is 6.21 Å². The topological polar surface area (TPSA) is 63.5 Å². The number of nitrogens with zero attached hydrogens (tertiary/aromatic N) is 2. The maximum absolute atomic E-state index is 12.0. The minimum absolute atomic E-state index is 0.249. The number of benzene rings is 1. The van der Waals surface area contributed by atoms with Crippen LogP contribution >= 0.6 is 11.3 Å². The number of fused-ring (bicyclic) bond motifs is 1. The highest BCUT2D eigenvalue weighted by Gasteiger charge is 2.14. The summed E-state index contributed by atoms with van der Waals surface area (Å²) in [6, 6.07) is 11.2. The van der Waals surface area contributed by atoms with E-state index in [1.165, 1.54) is 0 Å². The van der Waals surface area contributed by atoms with Crippen LogP contribution in [0.15, 0.2) is 51.1 Å². The number of rotatable bonds is 4. The predicted octanol–water partition coefficient (Wildman–Crippen LogP) is 2.86. The van der Waals surface area contributed by atoms with Crippen LogP contribution in [-0.2, 0) is 17.1 Å². The molecule has 0 bridgehead atoms. The van der Waals surface area contributed by atoms with Crippen LogP contribution in [0.4, 0.5) is 0 Å². The highest BCUT2D eigenvalue weighted by molar-refractivity contribution is 7.91.